The minimum absolute atomic E-state index is 0.183. The van der Waals surface area contributed by atoms with E-state index in [1.165, 1.54) is 6.42 Å². The number of halogens is 2. The predicted molar refractivity (Wildman–Crippen MR) is 66.5 cm³/mol. The van der Waals surface area contributed by atoms with Crippen molar-refractivity contribution in [3.05, 3.63) is 29.0 Å². The molecule has 2 rings (SSSR count). The van der Waals surface area contributed by atoms with E-state index in [2.05, 4.69) is 19.2 Å². The first-order valence-electron chi connectivity index (χ1n) is 5.68. The van der Waals surface area contributed by atoms with Crippen molar-refractivity contribution in [1.82, 2.24) is 0 Å². The van der Waals surface area contributed by atoms with Gasteiger partial charge in [0.2, 0.25) is 0 Å². The summed E-state index contributed by atoms with van der Waals surface area (Å²) in [4.78, 5) is 0. The molecular formula is C13H17ClFN. The van der Waals surface area contributed by atoms with E-state index < -0.39 is 0 Å². The Morgan fingerprint density at radius 3 is 2.81 bits per heavy atom. The van der Waals surface area contributed by atoms with Crippen LogP contribution in [0.5, 0.6) is 0 Å². The lowest BCUT2D eigenvalue weighted by Gasteiger charge is -2.19. The van der Waals surface area contributed by atoms with Crippen LogP contribution < -0.4 is 5.32 Å². The number of hydrogen-bond acceptors (Lipinski definition) is 1. The lowest BCUT2D eigenvalue weighted by molar-refractivity contribution is 0.378. The molecule has 1 unspecified atom stereocenters. The van der Waals surface area contributed by atoms with Gasteiger partial charge in [-0.3, -0.25) is 0 Å². The van der Waals surface area contributed by atoms with E-state index in [0.29, 0.717) is 17.1 Å². The van der Waals surface area contributed by atoms with Gasteiger partial charge in [-0.05, 0) is 36.8 Å². The van der Waals surface area contributed by atoms with E-state index in [-0.39, 0.29) is 10.8 Å². The molecule has 0 amide bonds. The van der Waals surface area contributed by atoms with Gasteiger partial charge < -0.3 is 5.32 Å². The summed E-state index contributed by atoms with van der Waals surface area (Å²) in [6.45, 7) is 4.51. The van der Waals surface area contributed by atoms with Gasteiger partial charge >= 0.3 is 0 Å². The lowest BCUT2D eigenvalue weighted by atomic mass is 9.92. The summed E-state index contributed by atoms with van der Waals surface area (Å²) in [5.41, 5.74) is 0.891. The molecule has 1 aromatic rings. The Hall–Kier alpha value is -0.760. The average molecular weight is 242 g/mol. The van der Waals surface area contributed by atoms with Crippen LogP contribution in [-0.2, 0) is 0 Å². The van der Waals surface area contributed by atoms with Gasteiger partial charge in [-0.15, -0.1) is 0 Å². The van der Waals surface area contributed by atoms with Crippen molar-refractivity contribution < 1.29 is 4.39 Å². The Kier molecular flexibility index (Phi) is 3.11. The van der Waals surface area contributed by atoms with Gasteiger partial charge in [-0.2, -0.15) is 0 Å². The number of hydrogen-bond donors (Lipinski definition) is 1. The van der Waals surface area contributed by atoms with Gasteiger partial charge in [0.25, 0.3) is 0 Å². The molecule has 0 aliphatic heterocycles. The molecule has 1 aliphatic carbocycles. The molecule has 1 nitrogen and oxygen atoms in total. The molecule has 1 atom stereocenters. The average Bonchev–Trinajstić information content (AvgIpc) is 2.53. The molecule has 1 aromatic carbocycles. The topological polar surface area (TPSA) is 12.0 Å². The van der Waals surface area contributed by atoms with Crippen molar-refractivity contribution in [2.24, 2.45) is 5.41 Å². The molecule has 16 heavy (non-hydrogen) atoms. The Labute approximate surface area is 101 Å². The third-order valence-corrected chi connectivity index (χ3v) is 3.57. The molecule has 0 heterocycles. The fourth-order valence-electron chi connectivity index (χ4n) is 2.39. The second kappa shape index (κ2) is 4.25. The van der Waals surface area contributed by atoms with Crippen LogP contribution in [0.4, 0.5) is 10.1 Å². The first kappa shape index (κ1) is 11.7. The van der Waals surface area contributed by atoms with Crippen molar-refractivity contribution in [3.63, 3.8) is 0 Å². The van der Waals surface area contributed by atoms with E-state index in [0.717, 1.165) is 12.8 Å². The third-order valence-electron chi connectivity index (χ3n) is 3.28. The molecule has 0 spiro atoms. The number of anilines is 1. The summed E-state index contributed by atoms with van der Waals surface area (Å²) in [7, 11) is 0. The van der Waals surface area contributed by atoms with Gasteiger partial charge in [0.1, 0.15) is 0 Å². The highest BCUT2D eigenvalue weighted by Crippen LogP contribution is 2.38. The Bertz CT molecular complexity index is 390. The van der Waals surface area contributed by atoms with Gasteiger partial charge in [0, 0.05) is 6.04 Å². The van der Waals surface area contributed by atoms with Crippen molar-refractivity contribution >= 4 is 17.3 Å². The Morgan fingerprint density at radius 1 is 1.44 bits per heavy atom. The minimum Gasteiger partial charge on any atom is -0.380 e. The van der Waals surface area contributed by atoms with Crippen LogP contribution in [-0.4, -0.2) is 6.04 Å². The van der Waals surface area contributed by atoms with Gasteiger partial charge in [-0.25, -0.2) is 4.39 Å². The lowest BCUT2D eigenvalue weighted by Crippen LogP contribution is -2.18. The maximum absolute atomic E-state index is 13.7. The van der Waals surface area contributed by atoms with Crippen LogP contribution >= 0.6 is 11.6 Å². The molecule has 0 radical (unpaired) electrons. The Morgan fingerprint density at radius 2 is 2.19 bits per heavy atom. The van der Waals surface area contributed by atoms with Crippen LogP contribution in [0.2, 0.25) is 5.02 Å². The van der Waals surface area contributed by atoms with Crippen molar-refractivity contribution in [2.45, 2.75) is 39.2 Å². The summed E-state index contributed by atoms with van der Waals surface area (Å²) in [6, 6.07) is 5.45. The fraction of sp³-hybridized carbons (Fsp3) is 0.538. The summed E-state index contributed by atoms with van der Waals surface area (Å²) >= 11 is 5.74. The van der Waals surface area contributed by atoms with E-state index in [1.54, 1.807) is 18.2 Å². The summed E-state index contributed by atoms with van der Waals surface area (Å²) in [5, 5.41) is 3.43. The molecular weight excluding hydrogens is 225 g/mol. The highest BCUT2D eigenvalue weighted by atomic mass is 35.5. The number of nitrogens with one attached hydrogen (secondary N) is 1. The van der Waals surface area contributed by atoms with E-state index in [4.69, 9.17) is 11.6 Å². The van der Waals surface area contributed by atoms with Crippen LogP contribution in [0.3, 0.4) is 0 Å². The second-order valence-corrected chi connectivity index (χ2v) is 5.76. The molecule has 3 heteroatoms. The maximum atomic E-state index is 13.7. The van der Waals surface area contributed by atoms with Crippen LogP contribution in [0.15, 0.2) is 18.2 Å². The summed E-state index contributed by atoms with van der Waals surface area (Å²) in [5.74, 6) is -0.339. The van der Waals surface area contributed by atoms with Crippen molar-refractivity contribution in [3.8, 4) is 0 Å². The Balaban J connectivity index is 2.08. The monoisotopic (exact) mass is 241 g/mol. The van der Waals surface area contributed by atoms with Crippen LogP contribution in [0.25, 0.3) is 0 Å². The first-order chi connectivity index (χ1) is 7.48. The minimum atomic E-state index is -0.339. The molecule has 88 valence electrons. The highest BCUT2D eigenvalue weighted by Gasteiger charge is 2.31. The molecule has 1 aliphatic rings. The summed E-state index contributed by atoms with van der Waals surface area (Å²) in [6.07, 6.45) is 3.37. The van der Waals surface area contributed by atoms with Crippen molar-refractivity contribution in [1.29, 1.82) is 0 Å². The smallest absolute Gasteiger partial charge is 0.164 e. The zero-order valence-electron chi connectivity index (χ0n) is 9.69. The molecule has 0 saturated heterocycles. The van der Waals surface area contributed by atoms with E-state index >= 15 is 0 Å². The highest BCUT2D eigenvalue weighted by molar-refractivity contribution is 6.31. The molecule has 0 aromatic heterocycles. The molecule has 1 saturated carbocycles. The molecule has 1 N–H and O–H groups in total. The third kappa shape index (κ3) is 2.49. The summed E-state index contributed by atoms with van der Waals surface area (Å²) < 4.78 is 13.7. The van der Waals surface area contributed by atoms with Gasteiger partial charge in [0.05, 0.1) is 10.7 Å². The number of rotatable bonds is 2. The fourth-order valence-corrected chi connectivity index (χ4v) is 2.57. The predicted octanol–water partition coefficient (Wildman–Crippen LogP) is 4.47. The van der Waals surface area contributed by atoms with Crippen LogP contribution in [0, 0.1) is 11.2 Å². The van der Waals surface area contributed by atoms with Crippen LogP contribution in [0.1, 0.15) is 33.1 Å². The standard InChI is InChI=1S/C13H17ClFN/c1-13(2)7-6-9(8-13)16-11-5-3-4-10(14)12(11)15/h3-5,9,16H,6-8H2,1-2H3. The normalized spacial score (nSPS) is 23.4. The largest absolute Gasteiger partial charge is 0.380 e. The van der Waals surface area contributed by atoms with E-state index in [9.17, 15) is 4.39 Å². The first-order valence-corrected chi connectivity index (χ1v) is 6.06. The van der Waals surface area contributed by atoms with Gasteiger partial charge in [0.15, 0.2) is 5.82 Å². The quantitative estimate of drug-likeness (QED) is 0.806. The zero-order chi connectivity index (χ0) is 11.8. The van der Waals surface area contributed by atoms with Crippen molar-refractivity contribution in [2.75, 3.05) is 5.32 Å². The molecule has 1 fully saturated rings. The maximum Gasteiger partial charge on any atom is 0.164 e. The van der Waals surface area contributed by atoms with E-state index in [1.807, 2.05) is 0 Å². The second-order valence-electron chi connectivity index (χ2n) is 5.35. The van der Waals surface area contributed by atoms with Gasteiger partial charge in [-0.1, -0.05) is 31.5 Å². The zero-order valence-corrected chi connectivity index (χ0v) is 10.4. The molecule has 0 bridgehead atoms. The SMILES string of the molecule is CC1(C)CCC(Nc2cccc(Cl)c2F)C1. The number of benzene rings is 1.